The Bertz CT molecular complexity index is 492. The van der Waals surface area contributed by atoms with Gasteiger partial charge in [-0.3, -0.25) is 0 Å². The molecule has 0 bridgehead atoms. The largest absolute Gasteiger partial charge is 0.237 e. The van der Waals surface area contributed by atoms with E-state index in [1.165, 1.54) is 11.1 Å². The Morgan fingerprint density at radius 1 is 1.25 bits per heavy atom. The highest BCUT2D eigenvalue weighted by molar-refractivity contribution is 5.28. The maximum absolute atomic E-state index is 4.35. The zero-order valence-electron chi connectivity index (χ0n) is 10.2. The summed E-state index contributed by atoms with van der Waals surface area (Å²) in [6, 6.07) is 4.01. The van der Waals surface area contributed by atoms with Crippen molar-refractivity contribution in [3.8, 4) is 5.82 Å². The first kappa shape index (κ1) is 10.9. The van der Waals surface area contributed by atoms with Gasteiger partial charge in [0.25, 0.3) is 0 Å². The van der Waals surface area contributed by atoms with Crippen LogP contribution in [0.25, 0.3) is 5.82 Å². The summed E-state index contributed by atoms with van der Waals surface area (Å²) in [5.74, 6) is 0.871. The molecule has 2 aromatic heterocycles. The number of aryl methyl sites for hydroxylation is 1. The van der Waals surface area contributed by atoms with Gasteiger partial charge in [0.05, 0.1) is 6.20 Å². The van der Waals surface area contributed by atoms with E-state index in [-0.39, 0.29) is 5.41 Å². The number of nitrogens with zero attached hydrogens (tertiary/aromatic N) is 3. The summed E-state index contributed by atoms with van der Waals surface area (Å²) in [5.41, 5.74) is 2.54. The molecule has 0 amide bonds. The number of aromatic nitrogens is 3. The van der Waals surface area contributed by atoms with Crippen LogP contribution in [0.2, 0.25) is 0 Å². The van der Waals surface area contributed by atoms with E-state index < -0.39 is 0 Å². The van der Waals surface area contributed by atoms with Crippen molar-refractivity contribution in [3.63, 3.8) is 0 Å². The molecule has 3 nitrogen and oxygen atoms in total. The average Bonchev–Trinajstić information content (AvgIpc) is 2.65. The first-order chi connectivity index (χ1) is 7.47. The minimum Gasteiger partial charge on any atom is -0.237 e. The Morgan fingerprint density at radius 3 is 2.56 bits per heavy atom. The lowest BCUT2D eigenvalue weighted by atomic mass is 9.90. The van der Waals surface area contributed by atoms with Crippen LogP contribution >= 0.6 is 0 Å². The normalized spacial score (nSPS) is 11.8. The summed E-state index contributed by atoms with van der Waals surface area (Å²) in [5, 5.41) is 4.35. The van der Waals surface area contributed by atoms with E-state index in [9.17, 15) is 0 Å². The molecule has 0 fully saturated rings. The summed E-state index contributed by atoms with van der Waals surface area (Å²) < 4.78 is 1.83. The molecule has 2 aromatic rings. The minimum atomic E-state index is 0.127. The van der Waals surface area contributed by atoms with Crippen molar-refractivity contribution in [2.75, 3.05) is 0 Å². The van der Waals surface area contributed by atoms with E-state index in [4.69, 9.17) is 0 Å². The zero-order valence-corrected chi connectivity index (χ0v) is 10.2. The van der Waals surface area contributed by atoms with Crippen molar-refractivity contribution in [1.29, 1.82) is 0 Å². The number of pyridine rings is 1. The Morgan fingerprint density at radius 2 is 2.00 bits per heavy atom. The van der Waals surface area contributed by atoms with Gasteiger partial charge in [0, 0.05) is 12.4 Å². The molecule has 0 saturated carbocycles. The highest BCUT2D eigenvalue weighted by Crippen LogP contribution is 2.21. The topological polar surface area (TPSA) is 30.7 Å². The molecule has 2 heterocycles. The van der Waals surface area contributed by atoms with Gasteiger partial charge in [-0.1, -0.05) is 20.8 Å². The van der Waals surface area contributed by atoms with Gasteiger partial charge in [0.1, 0.15) is 0 Å². The smallest absolute Gasteiger partial charge is 0.153 e. The van der Waals surface area contributed by atoms with Gasteiger partial charge in [0.15, 0.2) is 5.82 Å². The van der Waals surface area contributed by atoms with E-state index in [0.29, 0.717) is 0 Å². The molecule has 0 unspecified atom stereocenters. The van der Waals surface area contributed by atoms with Gasteiger partial charge in [-0.25, -0.2) is 9.67 Å². The Labute approximate surface area is 96.1 Å². The van der Waals surface area contributed by atoms with Crippen molar-refractivity contribution in [2.24, 2.45) is 0 Å². The molecule has 0 aromatic carbocycles. The van der Waals surface area contributed by atoms with Gasteiger partial charge in [-0.15, -0.1) is 0 Å². The lowest BCUT2D eigenvalue weighted by Gasteiger charge is -2.14. The minimum absolute atomic E-state index is 0.127. The second kappa shape index (κ2) is 3.74. The molecule has 0 saturated heterocycles. The first-order valence-electron chi connectivity index (χ1n) is 5.45. The van der Waals surface area contributed by atoms with E-state index in [1.54, 1.807) is 0 Å². The molecule has 0 N–H and O–H groups in total. The van der Waals surface area contributed by atoms with E-state index in [0.717, 1.165) is 5.82 Å². The highest BCUT2D eigenvalue weighted by Gasteiger charge is 2.16. The SMILES string of the molecule is Cc1ccnc(-n2cc(C(C)(C)C)cn2)c1. The molecule has 0 atom stereocenters. The van der Waals surface area contributed by atoms with Crippen molar-refractivity contribution in [1.82, 2.24) is 14.8 Å². The van der Waals surface area contributed by atoms with Crippen LogP contribution in [0.1, 0.15) is 31.9 Å². The fraction of sp³-hybridized carbons (Fsp3) is 0.385. The monoisotopic (exact) mass is 215 g/mol. The summed E-state index contributed by atoms with van der Waals surface area (Å²) >= 11 is 0. The van der Waals surface area contributed by atoms with Crippen LogP contribution < -0.4 is 0 Å². The standard InChI is InChI=1S/C13H17N3/c1-10-5-6-14-12(7-10)16-9-11(8-15-16)13(2,3)4/h5-9H,1-4H3. The molecule has 0 aliphatic rings. The third-order valence-corrected chi connectivity index (χ3v) is 2.58. The Hall–Kier alpha value is -1.64. The van der Waals surface area contributed by atoms with Gasteiger partial charge in [0.2, 0.25) is 0 Å². The molecule has 0 aliphatic heterocycles. The van der Waals surface area contributed by atoms with Gasteiger partial charge >= 0.3 is 0 Å². The van der Waals surface area contributed by atoms with Gasteiger partial charge in [-0.2, -0.15) is 5.10 Å². The molecular weight excluding hydrogens is 198 g/mol. The molecule has 84 valence electrons. The molecule has 16 heavy (non-hydrogen) atoms. The third kappa shape index (κ3) is 2.13. The molecule has 3 heteroatoms. The third-order valence-electron chi connectivity index (χ3n) is 2.58. The fourth-order valence-electron chi connectivity index (χ4n) is 1.48. The van der Waals surface area contributed by atoms with Crippen molar-refractivity contribution in [2.45, 2.75) is 33.1 Å². The van der Waals surface area contributed by atoms with Gasteiger partial charge < -0.3 is 0 Å². The maximum Gasteiger partial charge on any atom is 0.153 e. The first-order valence-corrected chi connectivity index (χ1v) is 5.45. The lowest BCUT2D eigenvalue weighted by molar-refractivity contribution is 0.590. The number of rotatable bonds is 1. The number of hydrogen-bond donors (Lipinski definition) is 0. The number of hydrogen-bond acceptors (Lipinski definition) is 2. The van der Waals surface area contributed by atoms with Crippen molar-refractivity contribution >= 4 is 0 Å². The van der Waals surface area contributed by atoms with Crippen LogP contribution in [-0.4, -0.2) is 14.8 Å². The van der Waals surface area contributed by atoms with E-state index in [2.05, 4.69) is 37.8 Å². The molecule has 2 rings (SSSR count). The van der Waals surface area contributed by atoms with Crippen LogP contribution in [0.5, 0.6) is 0 Å². The lowest BCUT2D eigenvalue weighted by Crippen LogP contribution is -2.09. The molecule has 0 radical (unpaired) electrons. The average molecular weight is 215 g/mol. The predicted molar refractivity (Wildman–Crippen MR) is 64.8 cm³/mol. The summed E-state index contributed by atoms with van der Waals surface area (Å²) in [4.78, 5) is 4.31. The highest BCUT2D eigenvalue weighted by atomic mass is 15.3. The van der Waals surface area contributed by atoms with Crippen LogP contribution in [0.15, 0.2) is 30.7 Å². The second-order valence-electron chi connectivity index (χ2n) is 5.11. The predicted octanol–water partition coefficient (Wildman–Crippen LogP) is 2.87. The van der Waals surface area contributed by atoms with E-state index in [1.807, 2.05) is 35.4 Å². The van der Waals surface area contributed by atoms with Crippen LogP contribution in [0.3, 0.4) is 0 Å². The van der Waals surface area contributed by atoms with E-state index >= 15 is 0 Å². The maximum atomic E-state index is 4.35. The van der Waals surface area contributed by atoms with Crippen LogP contribution in [-0.2, 0) is 5.41 Å². The molecule has 0 spiro atoms. The fourth-order valence-corrected chi connectivity index (χ4v) is 1.48. The van der Waals surface area contributed by atoms with Crippen LogP contribution in [0, 0.1) is 6.92 Å². The quantitative estimate of drug-likeness (QED) is 0.732. The van der Waals surface area contributed by atoms with Crippen molar-refractivity contribution in [3.05, 3.63) is 41.9 Å². The summed E-state index contributed by atoms with van der Waals surface area (Å²) in [6.45, 7) is 8.59. The zero-order chi connectivity index (χ0) is 11.8. The summed E-state index contributed by atoms with van der Waals surface area (Å²) in [6.07, 6.45) is 5.76. The summed E-state index contributed by atoms with van der Waals surface area (Å²) in [7, 11) is 0. The van der Waals surface area contributed by atoms with Gasteiger partial charge in [-0.05, 0) is 35.6 Å². The molecular formula is C13H17N3. The van der Waals surface area contributed by atoms with Crippen LogP contribution in [0.4, 0.5) is 0 Å². The molecule has 0 aliphatic carbocycles. The Kier molecular flexibility index (Phi) is 2.54. The van der Waals surface area contributed by atoms with Crippen molar-refractivity contribution < 1.29 is 0 Å². The Balaban J connectivity index is 2.39. The second-order valence-corrected chi connectivity index (χ2v) is 5.11.